The van der Waals surface area contributed by atoms with Crippen LogP contribution in [-0.2, 0) is 12.8 Å². The van der Waals surface area contributed by atoms with Crippen molar-refractivity contribution in [1.29, 1.82) is 0 Å². The Kier molecular flexibility index (Phi) is 3.00. The summed E-state index contributed by atoms with van der Waals surface area (Å²) in [5.74, 6) is 1.17. The van der Waals surface area contributed by atoms with Crippen molar-refractivity contribution in [2.75, 3.05) is 11.1 Å². The van der Waals surface area contributed by atoms with E-state index in [1.807, 2.05) is 30.3 Å². The third-order valence-corrected chi connectivity index (χ3v) is 5.05. The van der Waals surface area contributed by atoms with Gasteiger partial charge in [-0.1, -0.05) is 18.2 Å². The summed E-state index contributed by atoms with van der Waals surface area (Å²) in [6.45, 7) is 0. The Labute approximate surface area is 127 Å². The Morgan fingerprint density at radius 1 is 1.05 bits per heavy atom. The van der Waals surface area contributed by atoms with Crippen LogP contribution in [0, 0.1) is 0 Å². The number of para-hydroxylation sites is 1. The number of aryl methyl sites for hydroxylation is 2. The van der Waals surface area contributed by atoms with Gasteiger partial charge in [-0.3, -0.25) is 0 Å². The molecule has 0 radical (unpaired) electrons. The van der Waals surface area contributed by atoms with Crippen LogP contribution in [0.4, 0.5) is 17.5 Å². The van der Waals surface area contributed by atoms with Crippen LogP contribution in [0.1, 0.15) is 23.3 Å². The highest BCUT2D eigenvalue weighted by molar-refractivity contribution is 7.19. The largest absolute Gasteiger partial charge is 0.368 e. The summed E-state index contributed by atoms with van der Waals surface area (Å²) < 4.78 is 0. The maximum absolute atomic E-state index is 5.88. The van der Waals surface area contributed by atoms with Gasteiger partial charge in [-0.15, -0.1) is 11.3 Å². The first-order chi connectivity index (χ1) is 10.3. The van der Waals surface area contributed by atoms with Crippen molar-refractivity contribution in [2.45, 2.75) is 25.7 Å². The monoisotopic (exact) mass is 296 g/mol. The number of nitrogen functional groups attached to an aromatic ring is 1. The topological polar surface area (TPSA) is 63.8 Å². The zero-order valence-electron chi connectivity index (χ0n) is 11.6. The van der Waals surface area contributed by atoms with Crippen LogP contribution in [0.25, 0.3) is 10.2 Å². The van der Waals surface area contributed by atoms with E-state index in [9.17, 15) is 0 Å². The van der Waals surface area contributed by atoms with Gasteiger partial charge in [0.05, 0.1) is 5.39 Å². The van der Waals surface area contributed by atoms with Crippen molar-refractivity contribution in [3.63, 3.8) is 0 Å². The summed E-state index contributed by atoms with van der Waals surface area (Å²) >= 11 is 1.77. The highest BCUT2D eigenvalue weighted by Gasteiger charge is 2.20. The van der Waals surface area contributed by atoms with Crippen molar-refractivity contribution >= 4 is 39.0 Å². The average Bonchev–Trinajstić information content (AvgIpc) is 2.86. The van der Waals surface area contributed by atoms with Gasteiger partial charge in [0.2, 0.25) is 5.95 Å². The van der Waals surface area contributed by atoms with Gasteiger partial charge in [-0.25, -0.2) is 4.98 Å². The van der Waals surface area contributed by atoms with E-state index in [1.54, 1.807) is 11.3 Å². The number of thiophene rings is 1. The number of rotatable bonds is 2. The molecule has 0 amide bonds. The van der Waals surface area contributed by atoms with Gasteiger partial charge in [0, 0.05) is 10.6 Å². The first-order valence-electron chi connectivity index (χ1n) is 7.21. The maximum Gasteiger partial charge on any atom is 0.223 e. The summed E-state index contributed by atoms with van der Waals surface area (Å²) in [7, 11) is 0. The summed E-state index contributed by atoms with van der Waals surface area (Å²) in [5, 5.41) is 4.56. The Bertz CT molecular complexity index is 795. The van der Waals surface area contributed by atoms with Crippen LogP contribution in [0.5, 0.6) is 0 Å². The van der Waals surface area contributed by atoms with E-state index < -0.39 is 0 Å². The molecule has 106 valence electrons. The van der Waals surface area contributed by atoms with Crippen LogP contribution >= 0.6 is 11.3 Å². The standard InChI is InChI=1S/C16H16N4S/c17-16-19-14(18-10-6-2-1-3-7-10)13-11-8-4-5-9-12(11)21-15(13)20-16/h1-3,6-7H,4-5,8-9H2,(H3,17,18,19,20). The third-order valence-electron chi connectivity index (χ3n) is 3.87. The average molecular weight is 296 g/mol. The molecule has 0 fully saturated rings. The number of aromatic nitrogens is 2. The van der Waals surface area contributed by atoms with Crippen LogP contribution in [0.3, 0.4) is 0 Å². The fourth-order valence-electron chi connectivity index (χ4n) is 2.92. The lowest BCUT2D eigenvalue weighted by Gasteiger charge is -2.12. The highest BCUT2D eigenvalue weighted by Crippen LogP contribution is 2.39. The van der Waals surface area contributed by atoms with E-state index in [0.717, 1.165) is 34.6 Å². The van der Waals surface area contributed by atoms with Crippen molar-refractivity contribution in [1.82, 2.24) is 9.97 Å². The van der Waals surface area contributed by atoms with E-state index in [0.29, 0.717) is 5.95 Å². The molecule has 1 aliphatic rings. The van der Waals surface area contributed by atoms with E-state index in [1.165, 1.54) is 23.3 Å². The molecule has 2 aromatic heterocycles. The second-order valence-electron chi connectivity index (χ2n) is 5.31. The second-order valence-corrected chi connectivity index (χ2v) is 6.40. The molecule has 4 nitrogen and oxygen atoms in total. The minimum atomic E-state index is 0.333. The predicted molar refractivity (Wildman–Crippen MR) is 88.2 cm³/mol. The van der Waals surface area contributed by atoms with Crippen LogP contribution in [0.2, 0.25) is 0 Å². The van der Waals surface area contributed by atoms with Crippen molar-refractivity contribution in [3.8, 4) is 0 Å². The van der Waals surface area contributed by atoms with Crippen molar-refractivity contribution in [3.05, 3.63) is 40.8 Å². The van der Waals surface area contributed by atoms with Crippen molar-refractivity contribution in [2.24, 2.45) is 0 Å². The number of nitrogens with one attached hydrogen (secondary N) is 1. The maximum atomic E-state index is 5.88. The lowest BCUT2D eigenvalue weighted by atomic mass is 9.97. The summed E-state index contributed by atoms with van der Waals surface area (Å²) in [4.78, 5) is 11.3. The molecule has 4 rings (SSSR count). The predicted octanol–water partition coefficient (Wildman–Crippen LogP) is 3.90. The Hall–Kier alpha value is -2.14. The number of anilines is 3. The van der Waals surface area contributed by atoms with E-state index in [-0.39, 0.29) is 0 Å². The molecule has 0 atom stereocenters. The molecule has 1 aromatic carbocycles. The Balaban J connectivity index is 1.89. The smallest absolute Gasteiger partial charge is 0.223 e. The van der Waals surface area contributed by atoms with Gasteiger partial charge in [0.15, 0.2) is 0 Å². The van der Waals surface area contributed by atoms with E-state index >= 15 is 0 Å². The van der Waals surface area contributed by atoms with E-state index in [4.69, 9.17) is 5.73 Å². The first-order valence-corrected chi connectivity index (χ1v) is 8.03. The molecule has 1 aliphatic carbocycles. The van der Waals surface area contributed by atoms with Gasteiger partial charge in [-0.2, -0.15) is 4.98 Å². The number of hydrogen-bond donors (Lipinski definition) is 2. The number of nitrogens with zero attached hydrogens (tertiary/aromatic N) is 2. The summed E-state index contributed by atoms with van der Waals surface area (Å²) in [6.07, 6.45) is 4.78. The van der Waals surface area contributed by atoms with Crippen molar-refractivity contribution < 1.29 is 0 Å². The van der Waals surface area contributed by atoms with Gasteiger partial charge in [0.25, 0.3) is 0 Å². The minimum absolute atomic E-state index is 0.333. The number of nitrogens with two attached hydrogens (primary N) is 1. The van der Waals surface area contributed by atoms with Crippen LogP contribution in [0.15, 0.2) is 30.3 Å². The SMILES string of the molecule is Nc1nc(Nc2ccccc2)c2c3c(sc2n1)CCCC3. The molecular weight excluding hydrogens is 280 g/mol. The quantitative estimate of drug-likeness (QED) is 0.753. The highest BCUT2D eigenvalue weighted by atomic mass is 32.1. The van der Waals surface area contributed by atoms with Gasteiger partial charge >= 0.3 is 0 Å². The van der Waals surface area contributed by atoms with Gasteiger partial charge < -0.3 is 11.1 Å². The fraction of sp³-hybridized carbons (Fsp3) is 0.250. The minimum Gasteiger partial charge on any atom is -0.368 e. The molecule has 0 aliphatic heterocycles. The lowest BCUT2D eigenvalue weighted by molar-refractivity contribution is 0.700. The molecule has 0 saturated carbocycles. The molecule has 2 heterocycles. The zero-order valence-corrected chi connectivity index (χ0v) is 12.4. The molecular formula is C16H16N4S. The fourth-order valence-corrected chi connectivity index (χ4v) is 4.19. The lowest BCUT2D eigenvalue weighted by Crippen LogP contribution is -2.03. The Morgan fingerprint density at radius 3 is 2.71 bits per heavy atom. The van der Waals surface area contributed by atoms with Crippen LogP contribution < -0.4 is 11.1 Å². The zero-order chi connectivity index (χ0) is 14.2. The van der Waals surface area contributed by atoms with Gasteiger partial charge in [-0.05, 0) is 43.4 Å². The normalized spacial score (nSPS) is 14.1. The number of hydrogen-bond acceptors (Lipinski definition) is 5. The van der Waals surface area contributed by atoms with Gasteiger partial charge in [0.1, 0.15) is 10.6 Å². The second kappa shape index (κ2) is 5.00. The molecule has 0 spiro atoms. The number of fused-ring (bicyclic) bond motifs is 3. The van der Waals surface area contributed by atoms with Crippen LogP contribution in [-0.4, -0.2) is 9.97 Å². The van der Waals surface area contributed by atoms with E-state index in [2.05, 4.69) is 15.3 Å². The molecule has 21 heavy (non-hydrogen) atoms. The Morgan fingerprint density at radius 2 is 1.86 bits per heavy atom. The third kappa shape index (κ3) is 2.23. The molecule has 5 heteroatoms. The first kappa shape index (κ1) is 12.6. The molecule has 0 saturated heterocycles. The molecule has 0 bridgehead atoms. The molecule has 0 unspecified atom stereocenters. The summed E-state index contributed by atoms with van der Waals surface area (Å²) in [6, 6.07) is 10.1. The number of benzene rings is 1. The molecule has 3 N–H and O–H groups in total. The molecule has 3 aromatic rings. The summed E-state index contributed by atoms with van der Waals surface area (Å²) in [5.41, 5.74) is 8.32.